The molecular formula is C11H15N3O3S. The van der Waals surface area contributed by atoms with Gasteiger partial charge in [0.05, 0.1) is 12.5 Å². The second-order valence-electron chi connectivity index (χ2n) is 4.23. The van der Waals surface area contributed by atoms with Crippen molar-refractivity contribution >= 4 is 23.3 Å². The lowest BCUT2D eigenvalue weighted by Crippen LogP contribution is -2.45. The van der Waals surface area contributed by atoms with Crippen LogP contribution in [0, 0.1) is 5.92 Å². The van der Waals surface area contributed by atoms with Crippen molar-refractivity contribution in [3.63, 3.8) is 0 Å². The van der Waals surface area contributed by atoms with E-state index in [1.54, 1.807) is 6.20 Å². The number of carboxylic acids is 1. The van der Waals surface area contributed by atoms with E-state index in [4.69, 9.17) is 5.11 Å². The Morgan fingerprint density at radius 2 is 2.33 bits per heavy atom. The van der Waals surface area contributed by atoms with E-state index in [9.17, 15) is 9.59 Å². The highest BCUT2D eigenvalue weighted by Gasteiger charge is 2.33. The topological polar surface area (TPSA) is 91.3 Å². The SMILES string of the molecule is O=C(NCc1nccs1)NC1CCCC1C(=O)O. The van der Waals surface area contributed by atoms with E-state index >= 15 is 0 Å². The Bertz CT molecular complexity index is 421. The number of hydrogen-bond donors (Lipinski definition) is 3. The van der Waals surface area contributed by atoms with Crippen molar-refractivity contribution in [1.82, 2.24) is 15.6 Å². The molecule has 6 nitrogen and oxygen atoms in total. The molecular weight excluding hydrogens is 254 g/mol. The molecule has 3 N–H and O–H groups in total. The smallest absolute Gasteiger partial charge is 0.315 e. The maximum atomic E-state index is 11.6. The van der Waals surface area contributed by atoms with Crippen molar-refractivity contribution < 1.29 is 14.7 Å². The number of nitrogens with one attached hydrogen (secondary N) is 2. The average Bonchev–Trinajstić information content (AvgIpc) is 2.96. The molecule has 0 radical (unpaired) electrons. The maximum Gasteiger partial charge on any atom is 0.315 e. The fourth-order valence-corrected chi connectivity index (χ4v) is 2.70. The molecule has 1 aromatic rings. The van der Waals surface area contributed by atoms with Crippen molar-refractivity contribution in [3.05, 3.63) is 16.6 Å². The highest BCUT2D eigenvalue weighted by atomic mass is 32.1. The zero-order valence-corrected chi connectivity index (χ0v) is 10.6. The maximum absolute atomic E-state index is 11.6. The number of carboxylic acid groups (broad SMARTS) is 1. The number of carbonyl (C=O) groups is 2. The number of nitrogens with zero attached hydrogens (tertiary/aromatic N) is 1. The number of aliphatic carboxylic acids is 1. The van der Waals surface area contributed by atoms with Gasteiger partial charge in [-0.25, -0.2) is 9.78 Å². The number of urea groups is 1. The Kier molecular flexibility index (Phi) is 4.14. The van der Waals surface area contributed by atoms with Gasteiger partial charge in [-0.15, -0.1) is 11.3 Å². The highest BCUT2D eigenvalue weighted by molar-refractivity contribution is 7.09. The Labute approximate surface area is 108 Å². The second kappa shape index (κ2) is 5.81. The van der Waals surface area contributed by atoms with E-state index in [-0.39, 0.29) is 12.1 Å². The molecule has 1 saturated carbocycles. The molecule has 2 unspecified atom stereocenters. The average molecular weight is 269 g/mol. The zero-order valence-electron chi connectivity index (χ0n) is 9.76. The molecule has 1 aromatic heterocycles. The summed E-state index contributed by atoms with van der Waals surface area (Å²) in [5, 5.41) is 17.1. The number of rotatable bonds is 4. The summed E-state index contributed by atoms with van der Waals surface area (Å²) in [4.78, 5) is 26.6. The van der Waals surface area contributed by atoms with Crippen LogP contribution in [-0.4, -0.2) is 28.1 Å². The molecule has 0 bridgehead atoms. The molecule has 7 heteroatoms. The van der Waals surface area contributed by atoms with E-state index in [0.717, 1.165) is 17.8 Å². The van der Waals surface area contributed by atoms with Gasteiger partial charge in [-0.05, 0) is 12.8 Å². The normalized spacial score (nSPS) is 22.7. The fourth-order valence-electron chi connectivity index (χ4n) is 2.14. The van der Waals surface area contributed by atoms with Gasteiger partial charge in [-0.2, -0.15) is 0 Å². The number of aromatic nitrogens is 1. The minimum atomic E-state index is -0.835. The standard InChI is InChI=1S/C11H15N3O3S/c15-10(16)7-2-1-3-8(7)14-11(17)13-6-9-12-4-5-18-9/h4-5,7-8H,1-3,6H2,(H,15,16)(H2,13,14,17). The first-order valence-electron chi connectivity index (χ1n) is 5.82. The van der Waals surface area contributed by atoms with E-state index in [1.165, 1.54) is 11.3 Å². The predicted molar refractivity (Wildman–Crippen MR) is 66.3 cm³/mol. The number of amides is 2. The monoisotopic (exact) mass is 269 g/mol. The lowest BCUT2D eigenvalue weighted by Gasteiger charge is -2.17. The Morgan fingerprint density at radius 1 is 1.50 bits per heavy atom. The minimum absolute atomic E-state index is 0.265. The van der Waals surface area contributed by atoms with Gasteiger partial charge in [-0.3, -0.25) is 4.79 Å². The van der Waals surface area contributed by atoms with Crippen LogP contribution < -0.4 is 10.6 Å². The van der Waals surface area contributed by atoms with E-state index < -0.39 is 11.9 Å². The summed E-state index contributed by atoms with van der Waals surface area (Å²) in [6, 6.07) is -0.595. The van der Waals surface area contributed by atoms with Crippen LogP contribution in [0.3, 0.4) is 0 Å². The number of thiazole rings is 1. The summed E-state index contributed by atoms with van der Waals surface area (Å²) < 4.78 is 0. The van der Waals surface area contributed by atoms with Gasteiger partial charge in [0.15, 0.2) is 0 Å². The van der Waals surface area contributed by atoms with Crippen molar-refractivity contribution in [2.24, 2.45) is 5.92 Å². The minimum Gasteiger partial charge on any atom is -0.481 e. The molecule has 2 atom stereocenters. The van der Waals surface area contributed by atoms with Crippen LogP contribution in [0.1, 0.15) is 24.3 Å². The van der Waals surface area contributed by atoms with Crippen LogP contribution in [0.5, 0.6) is 0 Å². The fraction of sp³-hybridized carbons (Fsp3) is 0.545. The second-order valence-corrected chi connectivity index (χ2v) is 5.21. The van der Waals surface area contributed by atoms with Gasteiger partial charge in [0.25, 0.3) is 0 Å². The zero-order chi connectivity index (χ0) is 13.0. The third-order valence-corrected chi connectivity index (χ3v) is 3.81. The van der Waals surface area contributed by atoms with Crippen molar-refractivity contribution in [1.29, 1.82) is 0 Å². The quantitative estimate of drug-likeness (QED) is 0.765. The first kappa shape index (κ1) is 12.8. The number of carbonyl (C=O) groups excluding carboxylic acids is 1. The molecule has 98 valence electrons. The molecule has 1 aliphatic rings. The van der Waals surface area contributed by atoms with Gasteiger partial charge in [-0.1, -0.05) is 6.42 Å². The Balaban J connectivity index is 1.78. The van der Waals surface area contributed by atoms with Crippen LogP contribution in [0.4, 0.5) is 4.79 Å². The van der Waals surface area contributed by atoms with Gasteiger partial charge >= 0.3 is 12.0 Å². The van der Waals surface area contributed by atoms with Gasteiger partial charge in [0, 0.05) is 17.6 Å². The van der Waals surface area contributed by atoms with Crippen LogP contribution in [-0.2, 0) is 11.3 Å². The van der Waals surface area contributed by atoms with E-state index in [0.29, 0.717) is 13.0 Å². The predicted octanol–water partition coefficient (Wildman–Crippen LogP) is 1.20. The molecule has 0 aliphatic heterocycles. The molecule has 1 aliphatic carbocycles. The lowest BCUT2D eigenvalue weighted by molar-refractivity contribution is -0.142. The summed E-state index contributed by atoms with van der Waals surface area (Å²) in [5.74, 6) is -1.30. The molecule has 18 heavy (non-hydrogen) atoms. The van der Waals surface area contributed by atoms with Crippen molar-refractivity contribution in [2.45, 2.75) is 31.8 Å². The highest BCUT2D eigenvalue weighted by Crippen LogP contribution is 2.25. The summed E-state index contributed by atoms with van der Waals surface area (Å²) in [7, 11) is 0. The third kappa shape index (κ3) is 3.19. The molecule has 0 aromatic carbocycles. The first-order chi connectivity index (χ1) is 8.66. The Hall–Kier alpha value is -1.63. The Morgan fingerprint density at radius 3 is 3.00 bits per heavy atom. The first-order valence-corrected chi connectivity index (χ1v) is 6.70. The van der Waals surface area contributed by atoms with E-state index in [2.05, 4.69) is 15.6 Å². The molecule has 2 rings (SSSR count). The molecule has 2 amide bonds. The summed E-state index contributed by atoms with van der Waals surface area (Å²) in [5.41, 5.74) is 0. The molecule has 0 saturated heterocycles. The lowest BCUT2D eigenvalue weighted by atomic mass is 10.0. The largest absolute Gasteiger partial charge is 0.481 e. The van der Waals surface area contributed by atoms with Crippen LogP contribution in [0.25, 0.3) is 0 Å². The molecule has 1 fully saturated rings. The summed E-state index contributed by atoms with van der Waals surface area (Å²) in [6.07, 6.45) is 3.87. The van der Waals surface area contributed by atoms with E-state index in [1.807, 2.05) is 5.38 Å². The van der Waals surface area contributed by atoms with Crippen molar-refractivity contribution in [2.75, 3.05) is 0 Å². The third-order valence-electron chi connectivity index (χ3n) is 3.03. The molecule has 1 heterocycles. The van der Waals surface area contributed by atoms with Gasteiger partial charge in [0.2, 0.25) is 0 Å². The van der Waals surface area contributed by atoms with Crippen LogP contribution in [0.15, 0.2) is 11.6 Å². The van der Waals surface area contributed by atoms with Gasteiger partial charge < -0.3 is 15.7 Å². The summed E-state index contributed by atoms with van der Waals surface area (Å²) >= 11 is 1.47. The van der Waals surface area contributed by atoms with Crippen LogP contribution in [0.2, 0.25) is 0 Å². The summed E-state index contributed by atoms with van der Waals surface area (Å²) in [6.45, 7) is 0.369. The number of hydrogen-bond acceptors (Lipinski definition) is 4. The van der Waals surface area contributed by atoms with Gasteiger partial charge in [0.1, 0.15) is 5.01 Å². The van der Waals surface area contributed by atoms with Crippen molar-refractivity contribution in [3.8, 4) is 0 Å². The molecule has 0 spiro atoms. The van der Waals surface area contributed by atoms with Crippen LogP contribution >= 0.6 is 11.3 Å².